The van der Waals surface area contributed by atoms with E-state index in [1.165, 1.54) is 27.5 Å². The topological polar surface area (TPSA) is 12.5 Å². The van der Waals surface area contributed by atoms with Crippen LogP contribution in [0.4, 0.5) is 0 Å². The first kappa shape index (κ1) is 14.3. The molecule has 0 N–H and O–H groups in total. The van der Waals surface area contributed by atoms with Crippen molar-refractivity contribution in [3.05, 3.63) is 77.4 Å². The predicted molar refractivity (Wildman–Crippen MR) is 95.1 cm³/mol. The average molecular weight is 303 g/mol. The van der Waals surface area contributed by atoms with E-state index in [-0.39, 0.29) is 0 Å². The number of fused-ring (bicyclic) bond motifs is 2. The smallest absolute Gasteiger partial charge is 0.119 e. The molecule has 2 nitrogen and oxygen atoms in total. The summed E-state index contributed by atoms with van der Waals surface area (Å²) in [6.45, 7) is 2.10. The third kappa shape index (κ3) is 2.60. The monoisotopic (exact) mass is 303 g/mol. The molecule has 0 amide bonds. The van der Waals surface area contributed by atoms with Gasteiger partial charge in [-0.3, -0.25) is 0 Å². The van der Waals surface area contributed by atoms with E-state index in [1.54, 1.807) is 7.11 Å². The second-order valence-corrected chi connectivity index (χ2v) is 6.42. The second kappa shape index (κ2) is 5.71. The van der Waals surface area contributed by atoms with E-state index in [0.29, 0.717) is 5.92 Å². The molecule has 116 valence electrons. The molecule has 1 atom stereocenters. The molecule has 0 fully saturated rings. The van der Waals surface area contributed by atoms with Gasteiger partial charge in [-0.15, -0.1) is 0 Å². The van der Waals surface area contributed by atoms with Gasteiger partial charge in [0.2, 0.25) is 0 Å². The van der Waals surface area contributed by atoms with Crippen molar-refractivity contribution in [2.24, 2.45) is 0 Å². The molecule has 0 saturated heterocycles. The molecule has 4 rings (SSSR count). The van der Waals surface area contributed by atoms with Gasteiger partial charge in [0.05, 0.1) is 7.11 Å². The van der Waals surface area contributed by atoms with Gasteiger partial charge in [0.25, 0.3) is 0 Å². The van der Waals surface area contributed by atoms with Crippen LogP contribution in [0.15, 0.2) is 60.7 Å². The van der Waals surface area contributed by atoms with Crippen LogP contribution >= 0.6 is 0 Å². The third-order valence-electron chi connectivity index (χ3n) is 4.84. The van der Waals surface area contributed by atoms with Crippen LogP contribution in [0, 0.1) is 0 Å². The molecular formula is C21H21NO. The Kier molecular flexibility index (Phi) is 3.55. The second-order valence-electron chi connectivity index (χ2n) is 6.42. The summed E-state index contributed by atoms with van der Waals surface area (Å²) in [5.41, 5.74) is 4.29. The van der Waals surface area contributed by atoms with Gasteiger partial charge < -0.3 is 9.64 Å². The quantitative estimate of drug-likeness (QED) is 0.694. The molecule has 0 bridgehead atoms. The van der Waals surface area contributed by atoms with Gasteiger partial charge in [-0.05, 0) is 46.6 Å². The number of hydrogen-bond acceptors (Lipinski definition) is 2. The number of rotatable bonds is 2. The van der Waals surface area contributed by atoms with E-state index >= 15 is 0 Å². The lowest BCUT2D eigenvalue weighted by atomic mass is 9.84. The zero-order valence-electron chi connectivity index (χ0n) is 13.6. The van der Waals surface area contributed by atoms with Crippen LogP contribution in [0.25, 0.3) is 10.8 Å². The first-order valence-electron chi connectivity index (χ1n) is 8.08. The molecule has 3 aromatic carbocycles. The molecule has 2 heteroatoms. The van der Waals surface area contributed by atoms with Crippen molar-refractivity contribution < 1.29 is 4.74 Å². The lowest BCUT2D eigenvalue weighted by Crippen LogP contribution is -2.30. The highest BCUT2D eigenvalue weighted by molar-refractivity contribution is 5.84. The van der Waals surface area contributed by atoms with E-state index < -0.39 is 0 Å². The van der Waals surface area contributed by atoms with E-state index in [1.807, 2.05) is 6.07 Å². The molecule has 0 aromatic heterocycles. The van der Waals surface area contributed by atoms with E-state index in [2.05, 4.69) is 66.5 Å². The summed E-state index contributed by atoms with van der Waals surface area (Å²) in [7, 11) is 3.92. The molecule has 0 saturated carbocycles. The van der Waals surface area contributed by atoms with Gasteiger partial charge >= 0.3 is 0 Å². The normalized spacial score (nSPS) is 17.9. The zero-order chi connectivity index (χ0) is 15.8. The molecule has 23 heavy (non-hydrogen) atoms. The minimum absolute atomic E-state index is 0.431. The van der Waals surface area contributed by atoms with Crippen molar-refractivity contribution >= 4 is 10.8 Å². The molecule has 1 heterocycles. The number of methoxy groups -OCH3 is 1. The highest BCUT2D eigenvalue weighted by atomic mass is 16.5. The Hall–Kier alpha value is -2.32. The number of hydrogen-bond donors (Lipinski definition) is 0. The van der Waals surface area contributed by atoms with Crippen molar-refractivity contribution in [1.82, 2.24) is 4.90 Å². The summed E-state index contributed by atoms with van der Waals surface area (Å²) >= 11 is 0. The summed E-state index contributed by atoms with van der Waals surface area (Å²) < 4.78 is 5.37. The highest BCUT2D eigenvalue weighted by Gasteiger charge is 2.24. The van der Waals surface area contributed by atoms with Crippen LogP contribution in [0.2, 0.25) is 0 Å². The Morgan fingerprint density at radius 3 is 2.65 bits per heavy atom. The Morgan fingerprint density at radius 2 is 1.78 bits per heavy atom. The van der Waals surface area contributed by atoms with Gasteiger partial charge in [-0.25, -0.2) is 0 Å². The fourth-order valence-electron chi connectivity index (χ4n) is 3.66. The fraction of sp³-hybridized carbons (Fsp3) is 0.238. The molecule has 1 aliphatic rings. The van der Waals surface area contributed by atoms with Crippen LogP contribution < -0.4 is 4.74 Å². The van der Waals surface area contributed by atoms with Crippen molar-refractivity contribution in [3.8, 4) is 5.75 Å². The van der Waals surface area contributed by atoms with E-state index in [4.69, 9.17) is 4.74 Å². The maximum Gasteiger partial charge on any atom is 0.119 e. The van der Waals surface area contributed by atoms with E-state index in [9.17, 15) is 0 Å². The summed E-state index contributed by atoms with van der Waals surface area (Å²) in [5.74, 6) is 1.34. The zero-order valence-corrected chi connectivity index (χ0v) is 13.6. The average Bonchev–Trinajstić information content (AvgIpc) is 2.60. The van der Waals surface area contributed by atoms with Crippen LogP contribution in [0.3, 0.4) is 0 Å². The number of benzene rings is 3. The Labute approximate surface area is 137 Å². The Balaban J connectivity index is 1.82. The van der Waals surface area contributed by atoms with Crippen LogP contribution in [0.1, 0.15) is 22.6 Å². The molecule has 1 aliphatic heterocycles. The molecular weight excluding hydrogens is 282 g/mol. The van der Waals surface area contributed by atoms with Crippen molar-refractivity contribution in [2.75, 3.05) is 20.7 Å². The molecule has 0 radical (unpaired) electrons. The number of likely N-dealkylation sites (N-methyl/N-ethyl adjacent to an activating group) is 1. The first-order valence-corrected chi connectivity index (χ1v) is 8.08. The lowest BCUT2D eigenvalue weighted by Gasteiger charge is -2.32. The molecule has 0 aliphatic carbocycles. The van der Waals surface area contributed by atoms with Gasteiger partial charge in [0.15, 0.2) is 0 Å². The van der Waals surface area contributed by atoms with E-state index in [0.717, 1.165) is 18.8 Å². The largest absolute Gasteiger partial charge is 0.497 e. The number of nitrogens with zero attached hydrogens (tertiary/aromatic N) is 1. The Bertz CT molecular complexity index is 855. The standard InChI is InChI=1S/C21H21NO/c1-22-13-17-5-3-4-6-20(17)21(14-22)16-8-7-15-9-10-19(23-2)12-18(15)11-16/h3-12,21H,13-14H2,1-2H3. The molecule has 0 spiro atoms. The van der Waals surface area contributed by atoms with Crippen LogP contribution in [-0.2, 0) is 6.54 Å². The van der Waals surface area contributed by atoms with Crippen molar-refractivity contribution in [1.29, 1.82) is 0 Å². The predicted octanol–water partition coefficient (Wildman–Crippen LogP) is 4.43. The minimum atomic E-state index is 0.431. The van der Waals surface area contributed by atoms with Crippen molar-refractivity contribution in [2.45, 2.75) is 12.5 Å². The molecule has 1 unspecified atom stereocenters. The fourth-order valence-corrected chi connectivity index (χ4v) is 3.66. The Morgan fingerprint density at radius 1 is 0.957 bits per heavy atom. The van der Waals surface area contributed by atoms with Gasteiger partial charge in [0, 0.05) is 19.0 Å². The first-order chi connectivity index (χ1) is 11.2. The number of ether oxygens (including phenoxy) is 1. The summed E-state index contributed by atoms with van der Waals surface area (Å²) in [6, 6.07) is 21.9. The SMILES string of the molecule is COc1ccc2ccc(C3CN(C)Cc4ccccc43)cc2c1. The van der Waals surface area contributed by atoms with Gasteiger partial charge in [-0.1, -0.05) is 48.5 Å². The summed E-state index contributed by atoms with van der Waals surface area (Å²) in [4.78, 5) is 2.41. The summed E-state index contributed by atoms with van der Waals surface area (Å²) in [5, 5.41) is 2.50. The lowest BCUT2D eigenvalue weighted by molar-refractivity contribution is 0.295. The minimum Gasteiger partial charge on any atom is -0.497 e. The van der Waals surface area contributed by atoms with Crippen LogP contribution in [-0.4, -0.2) is 25.6 Å². The van der Waals surface area contributed by atoms with Gasteiger partial charge in [-0.2, -0.15) is 0 Å². The third-order valence-corrected chi connectivity index (χ3v) is 4.84. The molecule has 3 aromatic rings. The summed E-state index contributed by atoms with van der Waals surface area (Å²) in [6.07, 6.45) is 0. The highest BCUT2D eigenvalue weighted by Crippen LogP contribution is 2.34. The van der Waals surface area contributed by atoms with Crippen LogP contribution in [0.5, 0.6) is 5.75 Å². The maximum absolute atomic E-state index is 5.37. The van der Waals surface area contributed by atoms with Crippen molar-refractivity contribution in [3.63, 3.8) is 0 Å². The maximum atomic E-state index is 5.37. The van der Waals surface area contributed by atoms with Gasteiger partial charge in [0.1, 0.15) is 5.75 Å².